The average Bonchev–Trinajstić information content (AvgIpc) is 3.01. The highest BCUT2D eigenvalue weighted by Crippen LogP contribution is 2.21. The van der Waals surface area contributed by atoms with Gasteiger partial charge in [0.25, 0.3) is 5.91 Å². The van der Waals surface area contributed by atoms with Gasteiger partial charge in [-0.15, -0.1) is 11.3 Å². The van der Waals surface area contributed by atoms with Crippen molar-refractivity contribution in [3.05, 3.63) is 46.7 Å². The minimum atomic E-state index is -0.165. The van der Waals surface area contributed by atoms with E-state index in [1.54, 1.807) is 0 Å². The maximum Gasteiger partial charge on any atom is 0.280 e. The zero-order valence-electron chi connectivity index (χ0n) is 10.3. The predicted octanol–water partition coefficient (Wildman–Crippen LogP) is 2.26. The van der Waals surface area contributed by atoms with E-state index >= 15 is 0 Å². The summed E-state index contributed by atoms with van der Waals surface area (Å²) < 4.78 is 1.02. The molecule has 0 radical (unpaired) electrons. The van der Waals surface area contributed by atoms with Crippen molar-refractivity contribution in [3.8, 4) is 0 Å². The Labute approximate surface area is 113 Å². The van der Waals surface area contributed by atoms with E-state index in [-0.39, 0.29) is 5.91 Å². The lowest BCUT2D eigenvalue weighted by atomic mass is 10.3. The van der Waals surface area contributed by atoms with Crippen LogP contribution in [-0.2, 0) is 6.54 Å². The van der Waals surface area contributed by atoms with Crippen LogP contribution >= 0.6 is 11.3 Å². The molecule has 19 heavy (non-hydrogen) atoms. The van der Waals surface area contributed by atoms with Crippen molar-refractivity contribution < 1.29 is 4.79 Å². The average molecular weight is 272 g/mol. The van der Waals surface area contributed by atoms with Gasteiger partial charge in [-0.2, -0.15) is 5.10 Å². The smallest absolute Gasteiger partial charge is 0.280 e. The molecule has 0 aliphatic carbocycles. The van der Waals surface area contributed by atoms with E-state index in [0.29, 0.717) is 11.6 Å². The molecular weight excluding hydrogens is 260 g/mol. The Balaban J connectivity index is 1.73. The third kappa shape index (κ3) is 2.48. The van der Waals surface area contributed by atoms with Gasteiger partial charge in [0.2, 0.25) is 0 Å². The number of para-hydroxylation sites is 1. The number of amides is 1. The molecule has 1 amide bonds. The molecule has 96 valence electrons. The first-order valence-corrected chi connectivity index (χ1v) is 6.69. The van der Waals surface area contributed by atoms with E-state index in [9.17, 15) is 4.79 Å². The number of benzene rings is 1. The second-order valence-electron chi connectivity index (χ2n) is 4.21. The van der Waals surface area contributed by atoms with E-state index in [2.05, 4.69) is 20.5 Å². The number of thiazole rings is 1. The molecule has 0 unspecified atom stereocenters. The Morgan fingerprint density at radius 3 is 3.00 bits per heavy atom. The summed E-state index contributed by atoms with van der Waals surface area (Å²) in [5.41, 5.74) is 2.64. The fourth-order valence-electron chi connectivity index (χ4n) is 1.78. The largest absolute Gasteiger partial charge is 0.344 e. The van der Waals surface area contributed by atoms with Gasteiger partial charge >= 0.3 is 0 Å². The number of hydrogen-bond donors (Lipinski definition) is 2. The van der Waals surface area contributed by atoms with Crippen LogP contribution in [-0.4, -0.2) is 21.1 Å². The van der Waals surface area contributed by atoms with Gasteiger partial charge in [-0.25, -0.2) is 4.98 Å². The molecule has 6 heteroatoms. The van der Waals surface area contributed by atoms with Crippen molar-refractivity contribution in [1.29, 1.82) is 0 Å². The summed E-state index contributed by atoms with van der Waals surface area (Å²) in [4.78, 5) is 16.3. The Morgan fingerprint density at radius 1 is 1.42 bits per heavy atom. The Morgan fingerprint density at radius 2 is 2.26 bits per heavy atom. The summed E-state index contributed by atoms with van der Waals surface area (Å²) >= 11 is 1.39. The van der Waals surface area contributed by atoms with Gasteiger partial charge in [-0.05, 0) is 25.1 Å². The van der Waals surface area contributed by atoms with Crippen LogP contribution in [0.2, 0.25) is 0 Å². The van der Waals surface area contributed by atoms with Crippen LogP contribution in [0.3, 0.4) is 0 Å². The van der Waals surface area contributed by atoms with Crippen molar-refractivity contribution in [2.45, 2.75) is 13.5 Å². The van der Waals surface area contributed by atoms with Crippen molar-refractivity contribution in [1.82, 2.24) is 20.5 Å². The zero-order chi connectivity index (χ0) is 13.2. The number of aryl methyl sites for hydroxylation is 1. The molecule has 2 N–H and O–H groups in total. The van der Waals surface area contributed by atoms with E-state index < -0.39 is 0 Å². The van der Waals surface area contributed by atoms with Gasteiger partial charge in [0.05, 0.1) is 22.5 Å². The molecule has 0 aliphatic heterocycles. The third-order valence-electron chi connectivity index (χ3n) is 2.68. The highest BCUT2D eigenvalue weighted by Gasteiger charge is 2.11. The lowest BCUT2D eigenvalue weighted by Gasteiger charge is -1.98. The first kappa shape index (κ1) is 11.9. The maximum atomic E-state index is 12.0. The summed E-state index contributed by atoms with van der Waals surface area (Å²) in [6.45, 7) is 2.32. The van der Waals surface area contributed by atoms with Crippen molar-refractivity contribution in [3.63, 3.8) is 0 Å². The Hall–Kier alpha value is -2.21. The van der Waals surface area contributed by atoms with Crippen molar-refractivity contribution in [2.24, 2.45) is 0 Å². The van der Waals surface area contributed by atoms with Crippen LogP contribution in [0.4, 0.5) is 0 Å². The molecule has 5 nitrogen and oxygen atoms in total. The van der Waals surface area contributed by atoms with Crippen molar-refractivity contribution in [2.75, 3.05) is 0 Å². The number of nitrogens with zero attached hydrogens (tertiary/aromatic N) is 2. The van der Waals surface area contributed by atoms with Crippen LogP contribution in [0.15, 0.2) is 30.3 Å². The summed E-state index contributed by atoms with van der Waals surface area (Å²) in [5, 5.41) is 10.2. The monoisotopic (exact) mass is 272 g/mol. The molecule has 1 aromatic carbocycles. The molecule has 0 atom stereocenters. The molecule has 3 rings (SSSR count). The lowest BCUT2D eigenvalue weighted by Crippen LogP contribution is -2.22. The number of nitrogens with one attached hydrogen (secondary N) is 2. The molecule has 0 saturated heterocycles. The van der Waals surface area contributed by atoms with Gasteiger partial charge in [-0.3, -0.25) is 9.89 Å². The van der Waals surface area contributed by atoms with E-state index in [0.717, 1.165) is 21.6 Å². The number of fused-ring (bicyclic) bond motifs is 1. The van der Waals surface area contributed by atoms with Crippen LogP contribution in [0.25, 0.3) is 10.2 Å². The van der Waals surface area contributed by atoms with Gasteiger partial charge in [-0.1, -0.05) is 12.1 Å². The number of aromatic nitrogens is 3. The van der Waals surface area contributed by atoms with Gasteiger partial charge in [0, 0.05) is 5.69 Å². The first-order valence-electron chi connectivity index (χ1n) is 5.87. The SMILES string of the molecule is Cc1cc(CNC(=O)c2nc3ccccc3s2)n[nH]1. The van der Waals surface area contributed by atoms with Crippen LogP contribution in [0.5, 0.6) is 0 Å². The summed E-state index contributed by atoms with van der Waals surface area (Å²) in [6.07, 6.45) is 0. The third-order valence-corrected chi connectivity index (χ3v) is 3.71. The van der Waals surface area contributed by atoms with Crippen LogP contribution in [0, 0.1) is 6.92 Å². The first-order chi connectivity index (χ1) is 9.22. The Kier molecular flexibility index (Phi) is 3.00. The number of H-pyrrole nitrogens is 1. The highest BCUT2D eigenvalue weighted by atomic mass is 32.1. The fourth-order valence-corrected chi connectivity index (χ4v) is 2.66. The quantitative estimate of drug-likeness (QED) is 0.768. The summed E-state index contributed by atoms with van der Waals surface area (Å²) in [5.74, 6) is -0.165. The fraction of sp³-hybridized carbons (Fsp3) is 0.154. The van der Waals surface area contributed by atoms with E-state index in [1.165, 1.54) is 11.3 Å². The predicted molar refractivity (Wildman–Crippen MR) is 74.1 cm³/mol. The Bertz CT molecular complexity index is 698. The van der Waals surface area contributed by atoms with E-state index in [1.807, 2.05) is 37.3 Å². The van der Waals surface area contributed by atoms with E-state index in [4.69, 9.17) is 0 Å². The summed E-state index contributed by atoms with van der Waals surface area (Å²) in [6, 6.07) is 9.62. The minimum absolute atomic E-state index is 0.165. The molecule has 3 aromatic rings. The number of rotatable bonds is 3. The van der Waals surface area contributed by atoms with Crippen LogP contribution < -0.4 is 5.32 Å². The normalized spacial score (nSPS) is 10.8. The second kappa shape index (κ2) is 4.81. The second-order valence-corrected chi connectivity index (χ2v) is 5.24. The zero-order valence-corrected chi connectivity index (χ0v) is 11.1. The standard InChI is InChI=1S/C13H12N4OS/c1-8-6-9(17-16-8)7-14-12(18)13-15-10-4-2-3-5-11(10)19-13/h2-6H,7H2,1H3,(H,14,18)(H,16,17). The highest BCUT2D eigenvalue weighted by molar-refractivity contribution is 7.20. The number of aromatic amines is 1. The summed E-state index contributed by atoms with van der Waals surface area (Å²) in [7, 11) is 0. The molecule has 2 aromatic heterocycles. The van der Waals surface area contributed by atoms with Crippen molar-refractivity contribution >= 4 is 27.5 Å². The van der Waals surface area contributed by atoms with Gasteiger partial charge in [0.1, 0.15) is 0 Å². The molecule has 0 fully saturated rings. The number of hydrogen-bond acceptors (Lipinski definition) is 4. The molecule has 0 bridgehead atoms. The van der Waals surface area contributed by atoms with Crippen LogP contribution in [0.1, 0.15) is 21.2 Å². The molecule has 0 aliphatic rings. The maximum absolute atomic E-state index is 12.0. The molecular formula is C13H12N4OS. The molecule has 2 heterocycles. The van der Waals surface area contributed by atoms with Gasteiger partial charge in [0.15, 0.2) is 5.01 Å². The number of carbonyl (C=O) groups excluding carboxylic acids is 1. The molecule has 0 saturated carbocycles. The van der Waals surface area contributed by atoms with Gasteiger partial charge < -0.3 is 5.32 Å². The molecule has 0 spiro atoms. The number of carbonyl (C=O) groups is 1. The lowest BCUT2D eigenvalue weighted by molar-refractivity contribution is 0.0950. The minimum Gasteiger partial charge on any atom is -0.344 e. The topological polar surface area (TPSA) is 70.7 Å².